The fourth-order valence-electron chi connectivity index (χ4n) is 1.82. The average Bonchev–Trinajstić information content (AvgIpc) is 2.51. The predicted molar refractivity (Wildman–Crippen MR) is 88.3 cm³/mol. The Morgan fingerprint density at radius 2 is 1.79 bits per heavy atom. The van der Waals surface area contributed by atoms with Crippen molar-refractivity contribution in [3.63, 3.8) is 0 Å². The number of hydrogen-bond donors (Lipinski definition) is 1. The first-order chi connectivity index (χ1) is 11.4. The number of hydrogen-bond acceptors (Lipinski definition) is 4. The highest BCUT2D eigenvalue weighted by Crippen LogP contribution is 2.22. The second-order valence-corrected chi connectivity index (χ2v) is 5.50. The van der Waals surface area contributed by atoms with E-state index in [9.17, 15) is 14.0 Å². The summed E-state index contributed by atoms with van der Waals surface area (Å²) in [6, 6.07) is 8.14. The van der Waals surface area contributed by atoms with Crippen LogP contribution in [0.5, 0.6) is 5.75 Å². The number of anilines is 1. The maximum absolute atomic E-state index is 13.7. The SMILES string of the molecule is COc1ccc(C(=O)OCC(=O)Nc2cc(Cl)cc(Cl)c2)c(F)c1. The monoisotopic (exact) mass is 371 g/mol. The van der Waals surface area contributed by atoms with Crippen molar-refractivity contribution in [2.75, 3.05) is 19.0 Å². The molecular weight excluding hydrogens is 360 g/mol. The quantitative estimate of drug-likeness (QED) is 0.808. The van der Waals surface area contributed by atoms with Crippen LogP contribution in [0.1, 0.15) is 10.4 Å². The summed E-state index contributed by atoms with van der Waals surface area (Å²) < 4.78 is 23.4. The van der Waals surface area contributed by atoms with Crippen LogP contribution in [0.25, 0.3) is 0 Å². The summed E-state index contributed by atoms with van der Waals surface area (Å²) in [5.41, 5.74) is 0.0542. The summed E-state index contributed by atoms with van der Waals surface area (Å²) in [6.45, 7) is -0.589. The van der Waals surface area contributed by atoms with Crippen LogP contribution < -0.4 is 10.1 Å². The summed E-state index contributed by atoms with van der Waals surface area (Å²) in [6.07, 6.45) is 0. The van der Waals surface area contributed by atoms with Gasteiger partial charge < -0.3 is 14.8 Å². The molecule has 1 N–H and O–H groups in total. The summed E-state index contributed by atoms with van der Waals surface area (Å²) in [5, 5.41) is 3.15. The van der Waals surface area contributed by atoms with E-state index in [1.54, 1.807) is 0 Å². The first-order valence-electron chi connectivity index (χ1n) is 6.65. The van der Waals surface area contributed by atoms with Gasteiger partial charge in [-0.15, -0.1) is 0 Å². The Morgan fingerprint density at radius 1 is 1.12 bits per heavy atom. The van der Waals surface area contributed by atoms with Gasteiger partial charge in [0.15, 0.2) is 6.61 Å². The minimum Gasteiger partial charge on any atom is -0.497 e. The third kappa shape index (κ3) is 4.84. The van der Waals surface area contributed by atoms with Crippen molar-refractivity contribution >= 4 is 40.8 Å². The van der Waals surface area contributed by atoms with E-state index in [1.165, 1.54) is 37.4 Å². The van der Waals surface area contributed by atoms with Crippen molar-refractivity contribution in [3.05, 3.63) is 57.8 Å². The molecule has 0 radical (unpaired) electrons. The number of esters is 1. The lowest BCUT2D eigenvalue weighted by Gasteiger charge is -2.08. The van der Waals surface area contributed by atoms with Gasteiger partial charge in [-0.1, -0.05) is 23.2 Å². The van der Waals surface area contributed by atoms with Gasteiger partial charge in [0.25, 0.3) is 5.91 Å². The Labute approximate surface area is 147 Å². The molecule has 126 valence electrons. The van der Waals surface area contributed by atoms with Crippen molar-refractivity contribution in [3.8, 4) is 5.75 Å². The van der Waals surface area contributed by atoms with E-state index in [4.69, 9.17) is 32.7 Å². The van der Waals surface area contributed by atoms with E-state index >= 15 is 0 Å². The number of amides is 1. The van der Waals surface area contributed by atoms with Crippen molar-refractivity contribution in [1.29, 1.82) is 0 Å². The van der Waals surface area contributed by atoms with E-state index in [0.717, 1.165) is 6.07 Å². The molecule has 5 nitrogen and oxygen atoms in total. The molecule has 0 aliphatic rings. The Bertz CT molecular complexity index is 762. The van der Waals surface area contributed by atoms with E-state index in [2.05, 4.69) is 5.32 Å². The maximum Gasteiger partial charge on any atom is 0.341 e. The van der Waals surface area contributed by atoms with Gasteiger partial charge in [0.1, 0.15) is 11.6 Å². The molecule has 2 rings (SSSR count). The number of carbonyl (C=O) groups excluding carboxylic acids is 2. The van der Waals surface area contributed by atoms with Crippen molar-refractivity contribution in [2.24, 2.45) is 0 Å². The van der Waals surface area contributed by atoms with Gasteiger partial charge in [0.05, 0.1) is 12.7 Å². The Balaban J connectivity index is 1.95. The molecule has 0 aliphatic carbocycles. The zero-order chi connectivity index (χ0) is 17.7. The molecule has 8 heteroatoms. The number of methoxy groups -OCH3 is 1. The number of rotatable bonds is 5. The molecule has 0 aromatic heterocycles. The fraction of sp³-hybridized carbons (Fsp3) is 0.125. The first kappa shape index (κ1) is 18.0. The zero-order valence-corrected chi connectivity index (χ0v) is 13.9. The normalized spacial score (nSPS) is 10.2. The third-order valence-corrected chi connectivity index (χ3v) is 3.31. The van der Waals surface area contributed by atoms with Gasteiger partial charge in [0, 0.05) is 21.8 Å². The van der Waals surface area contributed by atoms with Crippen LogP contribution in [0.3, 0.4) is 0 Å². The highest BCUT2D eigenvalue weighted by molar-refractivity contribution is 6.35. The van der Waals surface area contributed by atoms with Crippen molar-refractivity contribution < 1.29 is 23.5 Å². The second-order valence-electron chi connectivity index (χ2n) is 4.63. The second kappa shape index (κ2) is 7.99. The van der Waals surface area contributed by atoms with Crippen LogP contribution in [0, 0.1) is 5.82 Å². The highest BCUT2D eigenvalue weighted by atomic mass is 35.5. The molecule has 2 aromatic rings. The van der Waals surface area contributed by atoms with E-state index in [1.807, 2.05) is 0 Å². The van der Waals surface area contributed by atoms with Crippen LogP contribution in [0.4, 0.5) is 10.1 Å². The molecule has 2 aromatic carbocycles. The molecule has 0 saturated carbocycles. The van der Waals surface area contributed by atoms with Crippen LogP contribution >= 0.6 is 23.2 Å². The smallest absolute Gasteiger partial charge is 0.341 e. The molecule has 0 unspecified atom stereocenters. The molecule has 0 heterocycles. The molecule has 0 spiro atoms. The third-order valence-electron chi connectivity index (χ3n) is 2.88. The Kier molecular flexibility index (Phi) is 6.00. The number of ether oxygens (including phenoxy) is 2. The maximum atomic E-state index is 13.7. The lowest BCUT2D eigenvalue weighted by atomic mass is 10.2. The topological polar surface area (TPSA) is 64.6 Å². The predicted octanol–water partition coefficient (Wildman–Crippen LogP) is 3.94. The summed E-state index contributed by atoms with van der Waals surface area (Å²) in [5.74, 6) is -2.12. The van der Waals surface area contributed by atoms with Crippen molar-refractivity contribution in [1.82, 2.24) is 0 Å². The number of halogens is 3. The van der Waals surface area contributed by atoms with Gasteiger partial charge in [0.2, 0.25) is 0 Å². The van der Waals surface area contributed by atoms with Gasteiger partial charge in [-0.25, -0.2) is 9.18 Å². The molecule has 0 bridgehead atoms. The molecule has 24 heavy (non-hydrogen) atoms. The Hall–Kier alpha value is -2.31. The minimum absolute atomic E-state index is 0.264. The van der Waals surface area contributed by atoms with Crippen LogP contribution in [0.15, 0.2) is 36.4 Å². The molecule has 0 fully saturated rings. The fourth-order valence-corrected chi connectivity index (χ4v) is 2.35. The molecule has 0 aliphatic heterocycles. The van der Waals surface area contributed by atoms with Gasteiger partial charge >= 0.3 is 5.97 Å². The number of benzene rings is 2. The van der Waals surface area contributed by atoms with Crippen molar-refractivity contribution in [2.45, 2.75) is 0 Å². The summed E-state index contributed by atoms with van der Waals surface area (Å²) in [4.78, 5) is 23.6. The summed E-state index contributed by atoms with van der Waals surface area (Å²) >= 11 is 11.6. The minimum atomic E-state index is -0.963. The molecular formula is C16H12Cl2FNO4. The highest BCUT2D eigenvalue weighted by Gasteiger charge is 2.16. The Morgan fingerprint density at radius 3 is 2.38 bits per heavy atom. The molecule has 1 amide bonds. The first-order valence-corrected chi connectivity index (χ1v) is 7.41. The van der Waals surface area contributed by atoms with Gasteiger partial charge in [-0.2, -0.15) is 0 Å². The standard InChI is InChI=1S/C16H12Cl2FNO4/c1-23-12-2-3-13(14(19)7-12)16(22)24-8-15(21)20-11-5-9(17)4-10(18)6-11/h2-7H,8H2,1H3,(H,20,21). The van der Waals surface area contributed by atoms with Gasteiger partial charge in [-0.3, -0.25) is 4.79 Å². The zero-order valence-electron chi connectivity index (χ0n) is 12.4. The lowest BCUT2D eigenvalue weighted by molar-refractivity contribution is -0.119. The van der Waals surface area contributed by atoms with Crippen LogP contribution in [-0.4, -0.2) is 25.6 Å². The average molecular weight is 372 g/mol. The van der Waals surface area contributed by atoms with E-state index in [-0.39, 0.29) is 11.3 Å². The lowest BCUT2D eigenvalue weighted by Crippen LogP contribution is -2.21. The van der Waals surface area contributed by atoms with E-state index < -0.39 is 24.3 Å². The van der Waals surface area contributed by atoms with Crippen LogP contribution in [-0.2, 0) is 9.53 Å². The molecule has 0 atom stereocenters. The number of nitrogens with one attached hydrogen (secondary N) is 1. The van der Waals surface area contributed by atoms with E-state index in [0.29, 0.717) is 15.7 Å². The van der Waals surface area contributed by atoms with Crippen LogP contribution in [0.2, 0.25) is 10.0 Å². The van der Waals surface area contributed by atoms with Gasteiger partial charge in [-0.05, 0) is 30.3 Å². The summed E-state index contributed by atoms with van der Waals surface area (Å²) in [7, 11) is 1.37. The molecule has 0 saturated heterocycles. The number of carbonyl (C=O) groups is 2. The largest absolute Gasteiger partial charge is 0.497 e.